The molecule has 0 N–H and O–H groups in total. The van der Waals surface area contributed by atoms with Crippen LogP contribution in [-0.2, 0) is 33.4 Å². The molecule has 10 heteroatoms. The fourth-order valence-electron chi connectivity index (χ4n) is 9.13. The molecule has 0 radical (unpaired) electrons. The van der Waals surface area contributed by atoms with Crippen molar-refractivity contribution in [3.63, 3.8) is 0 Å². The van der Waals surface area contributed by atoms with Crippen LogP contribution in [0.2, 0.25) is 0 Å². The van der Waals surface area contributed by atoms with Gasteiger partial charge in [-0.2, -0.15) is 8.78 Å². The molecule has 7 fully saturated rings. The normalized spacial score (nSPS) is 44.6. The predicted octanol–water partition coefficient (Wildman–Crippen LogP) is 2.02. The number of esters is 3. The van der Waals surface area contributed by atoms with Crippen LogP contribution in [-0.4, -0.2) is 47.6 Å². The van der Waals surface area contributed by atoms with Crippen LogP contribution in [0.3, 0.4) is 0 Å². The first kappa shape index (κ1) is 24.1. The molecule has 1 heterocycles. The Hall–Kier alpha value is -2.26. The number of carboxylic acids is 1. The number of hydrogen-bond donors (Lipinski definition) is 0. The van der Waals surface area contributed by atoms with Crippen LogP contribution in [0.5, 0.6) is 0 Å². The van der Waals surface area contributed by atoms with E-state index in [1.807, 2.05) is 0 Å². The van der Waals surface area contributed by atoms with Gasteiger partial charge in [0.2, 0.25) is 0 Å². The molecule has 8 nitrogen and oxygen atoms in total. The van der Waals surface area contributed by atoms with Gasteiger partial charge < -0.3 is 24.1 Å². The first-order valence-electron chi connectivity index (χ1n) is 13.1. The molecule has 7 aliphatic rings. The van der Waals surface area contributed by atoms with Gasteiger partial charge >= 0.3 is 23.8 Å². The highest BCUT2D eigenvalue weighted by Crippen LogP contribution is 2.64. The van der Waals surface area contributed by atoms with Crippen LogP contribution in [0.1, 0.15) is 65.2 Å². The fourth-order valence-corrected chi connectivity index (χ4v) is 9.13. The molecule has 8 unspecified atom stereocenters. The van der Waals surface area contributed by atoms with Gasteiger partial charge in [0.15, 0.2) is 6.10 Å². The average Bonchev–Trinajstić information content (AvgIpc) is 3.38. The zero-order chi connectivity index (χ0) is 25.8. The van der Waals surface area contributed by atoms with E-state index in [9.17, 15) is 33.1 Å². The lowest BCUT2D eigenvalue weighted by atomic mass is 9.48. The topological polar surface area (TPSA) is 119 Å². The lowest BCUT2D eigenvalue weighted by molar-refractivity contribution is -0.338. The van der Waals surface area contributed by atoms with Gasteiger partial charge in [0.05, 0.1) is 17.3 Å². The SMILES string of the molecule is CC(C)C(OC(=O)C12CC3CC(CC(OC(=O)C4C5CC6OC(=O)C4C6C5)(C3)C1)C2)C(F)(F)C(=O)[O-]. The summed E-state index contributed by atoms with van der Waals surface area (Å²) in [7, 11) is 0. The van der Waals surface area contributed by atoms with Crippen molar-refractivity contribution in [2.45, 2.75) is 88.9 Å². The second-order valence-electron chi connectivity index (χ2n) is 12.7. The van der Waals surface area contributed by atoms with Crippen molar-refractivity contribution in [2.24, 2.45) is 46.8 Å². The minimum Gasteiger partial charge on any atom is -0.544 e. The van der Waals surface area contributed by atoms with E-state index in [1.54, 1.807) is 0 Å². The van der Waals surface area contributed by atoms with E-state index in [2.05, 4.69) is 0 Å². The minimum atomic E-state index is -4.33. The summed E-state index contributed by atoms with van der Waals surface area (Å²) in [6.07, 6.45) is 2.28. The van der Waals surface area contributed by atoms with E-state index in [1.165, 1.54) is 13.8 Å². The molecule has 0 aromatic heterocycles. The Balaban J connectivity index is 1.23. The third-order valence-electron chi connectivity index (χ3n) is 9.98. The lowest BCUT2D eigenvalue weighted by Crippen LogP contribution is -2.61. The summed E-state index contributed by atoms with van der Waals surface area (Å²) in [6, 6.07) is 0. The first-order chi connectivity index (χ1) is 16.8. The molecule has 8 atom stereocenters. The number of aliphatic carboxylic acids is 1. The third-order valence-corrected chi connectivity index (χ3v) is 9.98. The van der Waals surface area contributed by atoms with Gasteiger partial charge in [0.1, 0.15) is 17.7 Å². The third kappa shape index (κ3) is 3.34. The molecular weight excluding hydrogens is 478 g/mol. The van der Waals surface area contributed by atoms with Crippen LogP contribution in [0, 0.1) is 46.8 Å². The summed E-state index contributed by atoms with van der Waals surface area (Å²) in [5.74, 6) is -10.2. The van der Waals surface area contributed by atoms with Gasteiger partial charge in [0.25, 0.3) is 0 Å². The number of carbonyl (C=O) groups is 4. The fraction of sp³-hybridized carbons (Fsp3) is 0.846. The summed E-state index contributed by atoms with van der Waals surface area (Å²) < 4.78 is 45.6. The first-order valence-corrected chi connectivity index (χ1v) is 13.1. The Bertz CT molecular complexity index is 1010. The minimum absolute atomic E-state index is 0.0513. The van der Waals surface area contributed by atoms with Crippen LogP contribution < -0.4 is 5.11 Å². The zero-order valence-electron chi connectivity index (χ0n) is 20.4. The number of halogens is 2. The molecule has 6 bridgehead atoms. The molecule has 1 saturated heterocycles. The maximum atomic E-state index is 14.3. The van der Waals surface area contributed by atoms with Crippen molar-refractivity contribution in [3.05, 3.63) is 0 Å². The molecular formula is C26H31F2O8-. The van der Waals surface area contributed by atoms with Gasteiger partial charge in [-0.1, -0.05) is 13.8 Å². The molecule has 6 saturated carbocycles. The quantitative estimate of drug-likeness (QED) is 0.378. The molecule has 0 amide bonds. The van der Waals surface area contributed by atoms with E-state index >= 15 is 0 Å². The van der Waals surface area contributed by atoms with Crippen molar-refractivity contribution < 1.29 is 47.3 Å². The van der Waals surface area contributed by atoms with Crippen molar-refractivity contribution in [1.29, 1.82) is 0 Å². The highest BCUT2D eigenvalue weighted by Gasteiger charge is 2.67. The van der Waals surface area contributed by atoms with Gasteiger partial charge in [0, 0.05) is 12.3 Å². The lowest BCUT2D eigenvalue weighted by Gasteiger charge is -2.60. The highest BCUT2D eigenvalue weighted by atomic mass is 19.3. The van der Waals surface area contributed by atoms with Gasteiger partial charge in [-0.15, -0.1) is 0 Å². The average molecular weight is 510 g/mol. The largest absolute Gasteiger partial charge is 0.544 e. The van der Waals surface area contributed by atoms with Crippen LogP contribution in [0.25, 0.3) is 0 Å². The number of fused-ring (bicyclic) bond motifs is 1. The Morgan fingerprint density at radius 3 is 2.36 bits per heavy atom. The van der Waals surface area contributed by atoms with Crippen molar-refractivity contribution >= 4 is 23.9 Å². The maximum absolute atomic E-state index is 14.3. The van der Waals surface area contributed by atoms with Gasteiger partial charge in [-0.25, -0.2) is 0 Å². The summed E-state index contributed by atoms with van der Waals surface area (Å²) in [4.78, 5) is 50.4. The van der Waals surface area contributed by atoms with Gasteiger partial charge in [-0.05, 0) is 68.6 Å². The summed E-state index contributed by atoms with van der Waals surface area (Å²) in [5, 5.41) is 11.1. The predicted molar refractivity (Wildman–Crippen MR) is 114 cm³/mol. The van der Waals surface area contributed by atoms with Crippen LogP contribution in [0.4, 0.5) is 8.78 Å². The van der Waals surface area contributed by atoms with Crippen molar-refractivity contribution in [1.82, 2.24) is 0 Å². The summed E-state index contributed by atoms with van der Waals surface area (Å²) >= 11 is 0. The Morgan fingerprint density at radius 2 is 1.75 bits per heavy atom. The monoisotopic (exact) mass is 509 g/mol. The second kappa shape index (κ2) is 7.63. The zero-order valence-corrected chi connectivity index (χ0v) is 20.4. The molecule has 6 aliphatic carbocycles. The van der Waals surface area contributed by atoms with E-state index in [0.717, 1.165) is 12.8 Å². The van der Waals surface area contributed by atoms with Crippen LogP contribution in [0.15, 0.2) is 0 Å². The number of ether oxygens (including phenoxy) is 3. The molecule has 0 aromatic carbocycles. The van der Waals surface area contributed by atoms with E-state index < -0.39 is 58.7 Å². The number of alkyl halides is 2. The Kier molecular flexibility index (Phi) is 5.11. The van der Waals surface area contributed by atoms with Gasteiger partial charge in [-0.3, -0.25) is 14.4 Å². The van der Waals surface area contributed by atoms with Crippen molar-refractivity contribution in [2.75, 3.05) is 0 Å². The standard InChI is InChI=1S/C26H32F2O8/c1-11(2)19(26(27,28)22(31)32)35-23(33)24-6-12-3-13(7-24)9-25(8-12,10-24)36-21(30)17-14-4-15-16(5-14)34-20(29)18(15)17/h11-19H,3-10H2,1-2H3,(H,31,32)/p-1. The molecule has 36 heavy (non-hydrogen) atoms. The van der Waals surface area contributed by atoms with E-state index in [0.29, 0.717) is 32.1 Å². The number of carboxylic acid groups (broad SMARTS) is 1. The molecule has 0 aromatic rings. The second-order valence-corrected chi connectivity index (χ2v) is 12.7. The number of rotatable bonds is 7. The highest BCUT2D eigenvalue weighted by molar-refractivity contribution is 5.86. The summed E-state index contributed by atoms with van der Waals surface area (Å²) in [5.41, 5.74) is -2.01. The molecule has 0 spiro atoms. The summed E-state index contributed by atoms with van der Waals surface area (Å²) in [6.45, 7) is 2.73. The van der Waals surface area contributed by atoms with Crippen molar-refractivity contribution in [3.8, 4) is 0 Å². The number of carbonyl (C=O) groups excluding carboxylic acids is 4. The van der Waals surface area contributed by atoms with Crippen LogP contribution >= 0.6 is 0 Å². The van der Waals surface area contributed by atoms with E-state index in [4.69, 9.17) is 14.2 Å². The van der Waals surface area contributed by atoms with E-state index in [-0.39, 0.29) is 42.2 Å². The maximum Gasteiger partial charge on any atom is 0.323 e. The Labute approximate surface area is 207 Å². The molecule has 1 aliphatic heterocycles. The Morgan fingerprint density at radius 1 is 1.08 bits per heavy atom. The molecule has 198 valence electrons. The molecule has 7 rings (SSSR count). The smallest absolute Gasteiger partial charge is 0.323 e. The number of hydrogen-bond acceptors (Lipinski definition) is 8.